The summed E-state index contributed by atoms with van der Waals surface area (Å²) >= 11 is 0. The van der Waals surface area contributed by atoms with Crippen LogP contribution >= 0.6 is 0 Å². The van der Waals surface area contributed by atoms with Gasteiger partial charge < -0.3 is 9.35 Å². The Labute approximate surface area is 131 Å². The third-order valence-electron chi connectivity index (χ3n) is 3.82. The van der Waals surface area contributed by atoms with Crippen LogP contribution < -0.4 is 0 Å². The largest absolute Gasteiger partial charge is 0.327 e. The number of hydrogen-bond acceptors (Lipinski definition) is 5. The van der Waals surface area contributed by atoms with E-state index >= 15 is 0 Å². The lowest BCUT2D eigenvalue weighted by Crippen LogP contribution is -2.43. The Bertz CT molecular complexity index is 461. The number of Topliss-reactive ketones (excluding diaryl/α,β-unsaturated/α-hetero) is 1. The smallest absolute Gasteiger partial charge is 0.168 e. The number of carbonyl (C=O) groups excluding carboxylic acids is 1. The van der Waals surface area contributed by atoms with Gasteiger partial charge in [-0.25, -0.2) is 0 Å². The third kappa shape index (κ3) is 5.39. The van der Waals surface area contributed by atoms with E-state index in [-0.39, 0.29) is 5.78 Å². The van der Waals surface area contributed by atoms with Crippen molar-refractivity contribution in [2.24, 2.45) is 10.2 Å². The van der Waals surface area contributed by atoms with Gasteiger partial charge in [0.1, 0.15) is 5.78 Å². The third-order valence-corrected chi connectivity index (χ3v) is 7.90. The SMILES string of the molecule is CN(N=C1CCC(=O)CC1=NN(C)[Si](C)(C)C)[Si](C)(C)C. The summed E-state index contributed by atoms with van der Waals surface area (Å²) in [5.41, 5.74) is 1.85. The highest BCUT2D eigenvalue weighted by Crippen LogP contribution is 2.16. The minimum absolute atomic E-state index is 0.271. The second kappa shape index (κ2) is 6.43. The predicted molar refractivity (Wildman–Crippen MR) is 95.9 cm³/mol. The molecule has 0 heterocycles. The molecule has 21 heavy (non-hydrogen) atoms. The van der Waals surface area contributed by atoms with Gasteiger partial charge >= 0.3 is 0 Å². The molecule has 0 aromatic heterocycles. The van der Waals surface area contributed by atoms with Crippen LogP contribution in [0.2, 0.25) is 39.3 Å². The number of rotatable bonds is 4. The van der Waals surface area contributed by atoms with Gasteiger partial charge in [-0.3, -0.25) is 4.79 Å². The van der Waals surface area contributed by atoms with E-state index in [4.69, 9.17) is 10.2 Å². The molecule has 0 aromatic rings. The molecule has 5 nitrogen and oxygen atoms in total. The predicted octanol–water partition coefficient (Wildman–Crippen LogP) is 2.98. The van der Waals surface area contributed by atoms with Gasteiger partial charge in [-0.15, -0.1) is 0 Å². The number of ketones is 1. The molecule has 0 amide bonds. The topological polar surface area (TPSA) is 48.3 Å². The van der Waals surface area contributed by atoms with Crippen LogP contribution in [0.3, 0.4) is 0 Å². The molecule has 0 aromatic carbocycles. The van der Waals surface area contributed by atoms with Crippen LogP contribution in [0.25, 0.3) is 0 Å². The van der Waals surface area contributed by atoms with Crippen molar-refractivity contribution in [3.8, 4) is 0 Å². The molecule has 1 rings (SSSR count). The van der Waals surface area contributed by atoms with Crippen LogP contribution in [0.1, 0.15) is 19.3 Å². The molecular weight excluding hydrogens is 296 g/mol. The Morgan fingerprint density at radius 1 is 0.810 bits per heavy atom. The van der Waals surface area contributed by atoms with Crippen LogP contribution in [0.15, 0.2) is 10.2 Å². The molecule has 0 atom stereocenters. The molecule has 0 unspecified atom stereocenters. The zero-order chi connectivity index (χ0) is 16.4. The van der Waals surface area contributed by atoms with E-state index in [1.165, 1.54) is 0 Å². The first-order chi connectivity index (χ1) is 9.41. The van der Waals surface area contributed by atoms with Crippen LogP contribution in [-0.4, -0.2) is 57.1 Å². The zero-order valence-corrected chi connectivity index (χ0v) is 16.8. The molecule has 1 aliphatic rings. The average molecular weight is 327 g/mol. The van der Waals surface area contributed by atoms with Gasteiger partial charge in [-0.1, -0.05) is 39.3 Å². The summed E-state index contributed by atoms with van der Waals surface area (Å²) in [4.78, 5) is 11.8. The average Bonchev–Trinajstić information content (AvgIpc) is 2.29. The standard InChI is InChI=1S/C14H30N4OSi2/c1-17(20(3,4)5)15-13-10-9-12(19)11-14(13)16-18(2)21(6,7)8/h9-11H2,1-8H3. The van der Waals surface area contributed by atoms with Gasteiger partial charge in [-0.2, -0.15) is 10.2 Å². The fourth-order valence-corrected chi connectivity index (χ4v) is 2.48. The molecule has 0 saturated heterocycles. The minimum Gasteiger partial charge on any atom is -0.327 e. The summed E-state index contributed by atoms with van der Waals surface area (Å²) < 4.78 is 4.16. The van der Waals surface area contributed by atoms with Crippen molar-refractivity contribution < 1.29 is 4.79 Å². The minimum atomic E-state index is -1.50. The Kier molecular flexibility index (Phi) is 5.54. The zero-order valence-electron chi connectivity index (χ0n) is 14.8. The molecule has 1 saturated carbocycles. The summed E-state index contributed by atoms with van der Waals surface area (Å²) in [6.07, 6.45) is 1.73. The van der Waals surface area contributed by atoms with Gasteiger partial charge in [-0.05, 0) is 0 Å². The molecule has 1 aliphatic carbocycles. The van der Waals surface area contributed by atoms with Crippen molar-refractivity contribution in [3.63, 3.8) is 0 Å². The molecular formula is C14H30N4OSi2. The van der Waals surface area contributed by atoms with E-state index in [1.54, 1.807) is 0 Å². The van der Waals surface area contributed by atoms with Crippen LogP contribution in [-0.2, 0) is 4.79 Å². The van der Waals surface area contributed by atoms with Gasteiger partial charge in [0.25, 0.3) is 0 Å². The Hall–Kier alpha value is -0.956. The number of nitrogens with zero attached hydrogens (tertiary/aromatic N) is 4. The summed E-state index contributed by atoms with van der Waals surface area (Å²) in [7, 11) is 1.08. The molecule has 0 N–H and O–H groups in total. The van der Waals surface area contributed by atoms with Crippen molar-refractivity contribution >= 4 is 33.7 Å². The molecule has 0 radical (unpaired) electrons. The first kappa shape index (κ1) is 18.1. The lowest BCUT2D eigenvalue weighted by molar-refractivity contribution is -0.117. The highest BCUT2D eigenvalue weighted by molar-refractivity contribution is 6.73. The van der Waals surface area contributed by atoms with E-state index in [0.29, 0.717) is 19.3 Å². The van der Waals surface area contributed by atoms with Crippen molar-refractivity contribution in [1.82, 2.24) is 9.35 Å². The summed E-state index contributed by atoms with van der Waals surface area (Å²) in [5, 5.41) is 9.50. The second-order valence-electron chi connectivity index (χ2n) is 7.70. The molecule has 0 spiro atoms. The lowest BCUT2D eigenvalue weighted by atomic mass is 9.95. The van der Waals surface area contributed by atoms with Crippen molar-refractivity contribution in [2.45, 2.75) is 58.5 Å². The number of hydrazone groups is 2. The van der Waals surface area contributed by atoms with Crippen molar-refractivity contribution in [2.75, 3.05) is 14.1 Å². The highest BCUT2D eigenvalue weighted by atomic mass is 28.3. The Balaban J connectivity index is 3.08. The Morgan fingerprint density at radius 2 is 1.24 bits per heavy atom. The molecule has 0 bridgehead atoms. The fraction of sp³-hybridized carbons (Fsp3) is 0.786. The van der Waals surface area contributed by atoms with E-state index in [0.717, 1.165) is 11.4 Å². The molecule has 0 aliphatic heterocycles. The highest BCUT2D eigenvalue weighted by Gasteiger charge is 2.27. The Morgan fingerprint density at radius 3 is 1.67 bits per heavy atom. The van der Waals surface area contributed by atoms with Crippen LogP contribution in [0, 0.1) is 0 Å². The van der Waals surface area contributed by atoms with Gasteiger partial charge in [0, 0.05) is 26.9 Å². The van der Waals surface area contributed by atoms with E-state index in [9.17, 15) is 4.79 Å². The molecule has 120 valence electrons. The van der Waals surface area contributed by atoms with Crippen LogP contribution in [0.5, 0.6) is 0 Å². The molecule has 1 fully saturated rings. The van der Waals surface area contributed by atoms with Crippen LogP contribution in [0.4, 0.5) is 0 Å². The summed E-state index contributed by atoms with van der Waals surface area (Å²) in [5.74, 6) is 0.271. The van der Waals surface area contributed by atoms with E-state index < -0.39 is 16.5 Å². The summed E-state index contributed by atoms with van der Waals surface area (Å²) in [6.45, 7) is 13.5. The maximum atomic E-state index is 11.8. The first-order valence-electron chi connectivity index (χ1n) is 7.56. The van der Waals surface area contributed by atoms with E-state index in [2.05, 4.69) is 48.6 Å². The monoisotopic (exact) mass is 326 g/mol. The number of carbonyl (C=O) groups is 1. The van der Waals surface area contributed by atoms with Gasteiger partial charge in [0.2, 0.25) is 0 Å². The molecule has 7 heteroatoms. The first-order valence-corrected chi connectivity index (χ1v) is 14.5. The maximum absolute atomic E-state index is 11.8. The van der Waals surface area contributed by atoms with Gasteiger partial charge in [0.05, 0.1) is 17.8 Å². The quantitative estimate of drug-likeness (QED) is 0.589. The van der Waals surface area contributed by atoms with E-state index in [1.807, 2.05) is 14.1 Å². The number of hydrogen-bond donors (Lipinski definition) is 0. The second-order valence-corrected chi connectivity index (χ2v) is 17.7. The van der Waals surface area contributed by atoms with Crippen molar-refractivity contribution in [3.05, 3.63) is 0 Å². The van der Waals surface area contributed by atoms with Crippen molar-refractivity contribution in [1.29, 1.82) is 0 Å². The fourth-order valence-electron chi connectivity index (χ4n) is 1.64. The lowest BCUT2D eigenvalue weighted by Gasteiger charge is -2.31. The van der Waals surface area contributed by atoms with Gasteiger partial charge in [0.15, 0.2) is 16.5 Å². The summed E-state index contributed by atoms with van der Waals surface area (Å²) in [6, 6.07) is 0. The normalized spacial score (nSPS) is 21.0. The maximum Gasteiger partial charge on any atom is 0.168 e.